The topological polar surface area (TPSA) is 87.3 Å². The minimum Gasteiger partial charge on any atom is -0.360 e. The van der Waals surface area contributed by atoms with Gasteiger partial charge in [-0.1, -0.05) is 6.07 Å². The minimum absolute atomic E-state index is 0.00920. The van der Waals surface area contributed by atoms with Gasteiger partial charge in [-0.05, 0) is 36.8 Å². The van der Waals surface area contributed by atoms with Crippen LogP contribution in [0, 0.1) is 18.6 Å². The summed E-state index contributed by atoms with van der Waals surface area (Å²) in [6, 6.07) is 7.52. The van der Waals surface area contributed by atoms with Crippen molar-refractivity contribution < 1.29 is 22.0 Å². The molecule has 9 heteroatoms. The number of halogens is 2. The number of aryl methyl sites for hydroxylation is 1. The molecule has 1 amide bonds. The van der Waals surface area contributed by atoms with Crippen LogP contribution in [0.25, 0.3) is 0 Å². The van der Waals surface area contributed by atoms with Gasteiger partial charge in [-0.15, -0.1) is 0 Å². The largest absolute Gasteiger partial charge is 0.360 e. The van der Waals surface area contributed by atoms with Gasteiger partial charge in [0.25, 0.3) is 5.91 Å². The molecule has 3 N–H and O–H groups in total. The normalized spacial score (nSPS) is 18.4. The van der Waals surface area contributed by atoms with Crippen molar-refractivity contribution in [1.29, 1.82) is 0 Å². The fourth-order valence-corrected chi connectivity index (χ4v) is 3.56. The van der Waals surface area contributed by atoms with E-state index >= 15 is 0 Å². The molecule has 2 aromatic rings. The molecular formula is C15H13F2N3O3S. The SMILES string of the molecule is Cc1ccc2c(c1)NC(C(=O)Nc1ccc(F)c(F)c1)NS2(=O)=O. The Kier molecular flexibility index (Phi) is 3.98. The van der Waals surface area contributed by atoms with E-state index in [1.165, 1.54) is 12.1 Å². The highest BCUT2D eigenvalue weighted by atomic mass is 32.2. The van der Waals surface area contributed by atoms with Gasteiger partial charge in [0, 0.05) is 11.8 Å². The number of rotatable bonds is 2. The van der Waals surface area contributed by atoms with E-state index in [0.29, 0.717) is 5.69 Å². The van der Waals surface area contributed by atoms with E-state index in [2.05, 4.69) is 15.4 Å². The third-order valence-corrected chi connectivity index (χ3v) is 4.93. The van der Waals surface area contributed by atoms with Gasteiger partial charge in [0.1, 0.15) is 4.90 Å². The second-order valence-corrected chi connectivity index (χ2v) is 7.00. The summed E-state index contributed by atoms with van der Waals surface area (Å²) in [4.78, 5) is 12.3. The average molecular weight is 353 g/mol. The van der Waals surface area contributed by atoms with Crippen molar-refractivity contribution in [2.75, 3.05) is 10.6 Å². The molecule has 0 radical (unpaired) electrons. The average Bonchev–Trinajstić information content (AvgIpc) is 2.49. The third kappa shape index (κ3) is 3.08. The summed E-state index contributed by atoms with van der Waals surface area (Å²) in [7, 11) is -3.87. The van der Waals surface area contributed by atoms with Gasteiger partial charge in [-0.25, -0.2) is 17.2 Å². The number of hydrogen-bond acceptors (Lipinski definition) is 4. The molecule has 6 nitrogen and oxygen atoms in total. The van der Waals surface area contributed by atoms with Gasteiger partial charge in [0.15, 0.2) is 17.8 Å². The number of sulfonamides is 1. The third-order valence-electron chi connectivity index (χ3n) is 3.45. The Morgan fingerprint density at radius 2 is 1.88 bits per heavy atom. The Bertz CT molecular complexity index is 932. The lowest BCUT2D eigenvalue weighted by molar-refractivity contribution is -0.117. The summed E-state index contributed by atoms with van der Waals surface area (Å²) < 4.78 is 52.7. The number of nitrogens with one attached hydrogen (secondary N) is 3. The first-order chi connectivity index (χ1) is 11.3. The summed E-state index contributed by atoms with van der Waals surface area (Å²) in [6.07, 6.45) is -1.28. The molecule has 0 bridgehead atoms. The number of hydrogen-bond donors (Lipinski definition) is 3. The van der Waals surface area contributed by atoms with Crippen molar-refractivity contribution >= 4 is 27.3 Å². The molecule has 24 heavy (non-hydrogen) atoms. The highest BCUT2D eigenvalue weighted by Crippen LogP contribution is 2.27. The van der Waals surface area contributed by atoms with Crippen molar-refractivity contribution in [3.63, 3.8) is 0 Å². The molecule has 0 saturated carbocycles. The molecule has 126 valence electrons. The number of anilines is 2. The minimum atomic E-state index is -3.87. The number of benzene rings is 2. The molecular weight excluding hydrogens is 340 g/mol. The maximum atomic E-state index is 13.2. The van der Waals surface area contributed by atoms with E-state index in [0.717, 1.165) is 17.7 Å². The van der Waals surface area contributed by atoms with Gasteiger partial charge in [-0.3, -0.25) is 4.79 Å². The molecule has 1 aliphatic rings. The quantitative estimate of drug-likeness (QED) is 0.770. The Labute approximate surface area is 136 Å². The number of amides is 1. The first-order valence-corrected chi connectivity index (χ1v) is 8.40. The Morgan fingerprint density at radius 3 is 2.58 bits per heavy atom. The van der Waals surface area contributed by atoms with Gasteiger partial charge < -0.3 is 10.6 Å². The second kappa shape index (κ2) is 5.84. The van der Waals surface area contributed by atoms with Crippen molar-refractivity contribution in [3.05, 3.63) is 53.6 Å². The zero-order chi connectivity index (χ0) is 17.5. The Hall–Kier alpha value is -2.52. The molecule has 1 unspecified atom stereocenters. The van der Waals surface area contributed by atoms with E-state index in [9.17, 15) is 22.0 Å². The predicted octanol–water partition coefficient (Wildman–Crippen LogP) is 1.94. The first-order valence-electron chi connectivity index (χ1n) is 6.92. The molecule has 1 atom stereocenters. The summed E-state index contributed by atoms with van der Waals surface area (Å²) in [5, 5.41) is 5.10. The standard InChI is InChI=1S/C15H13F2N3O3S/c1-8-2-5-13-12(6-8)19-14(20-24(13,22)23)15(21)18-9-3-4-10(16)11(17)7-9/h2-7,14,19-20H,1H3,(H,18,21). The number of carbonyl (C=O) groups excluding carboxylic acids is 1. The lowest BCUT2D eigenvalue weighted by atomic mass is 10.2. The molecule has 2 aromatic carbocycles. The smallest absolute Gasteiger partial charge is 0.262 e. The van der Waals surface area contributed by atoms with Gasteiger partial charge >= 0.3 is 0 Å². The van der Waals surface area contributed by atoms with Crippen LogP contribution < -0.4 is 15.4 Å². The van der Waals surface area contributed by atoms with Gasteiger partial charge in [-0.2, -0.15) is 4.72 Å². The summed E-state index contributed by atoms with van der Waals surface area (Å²) in [5.74, 6) is -2.92. The Morgan fingerprint density at radius 1 is 1.12 bits per heavy atom. The molecule has 1 aliphatic heterocycles. The molecule has 0 spiro atoms. The molecule has 0 fully saturated rings. The van der Waals surface area contributed by atoms with Crippen molar-refractivity contribution in [2.45, 2.75) is 18.0 Å². The van der Waals surface area contributed by atoms with E-state index in [1.807, 2.05) is 0 Å². The fraction of sp³-hybridized carbons (Fsp3) is 0.133. The highest BCUT2D eigenvalue weighted by molar-refractivity contribution is 7.89. The van der Waals surface area contributed by atoms with Crippen LogP contribution in [0.3, 0.4) is 0 Å². The van der Waals surface area contributed by atoms with Crippen LogP contribution in [0.15, 0.2) is 41.3 Å². The van der Waals surface area contributed by atoms with E-state index in [1.54, 1.807) is 19.1 Å². The van der Waals surface area contributed by atoms with Crippen LogP contribution in [-0.4, -0.2) is 20.5 Å². The van der Waals surface area contributed by atoms with E-state index < -0.39 is 33.7 Å². The van der Waals surface area contributed by atoms with Crippen molar-refractivity contribution in [2.24, 2.45) is 0 Å². The molecule has 1 heterocycles. The van der Waals surface area contributed by atoms with Gasteiger partial charge in [0.05, 0.1) is 5.69 Å². The maximum Gasteiger partial charge on any atom is 0.262 e. The van der Waals surface area contributed by atoms with E-state index in [-0.39, 0.29) is 10.6 Å². The second-order valence-electron chi connectivity index (χ2n) is 5.32. The van der Waals surface area contributed by atoms with Crippen LogP contribution in [0.5, 0.6) is 0 Å². The molecule has 0 saturated heterocycles. The van der Waals surface area contributed by atoms with Crippen LogP contribution in [0.4, 0.5) is 20.2 Å². The van der Waals surface area contributed by atoms with Crippen LogP contribution in [0.1, 0.15) is 5.56 Å². The van der Waals surface area contributed by atoms with Crippen LogP contribution in [0.2, 0.25) is 0 Å². The van der Waals surface area contributed by atoms with Crippen LogP contribution in [-0.2, 0) is 14.8 Å². The lowest BCUT2D eigenvalue weighted by Gasteiger charge is -2.27. The highest BCUT2D eigenvalue weighted by Gasteiger charge is 2.33. The Balaban J connectivity index is 1.85. The summed E-state index contributed by atoms with van der Waals surface area (Å²) in [5.41, 5.74) is 1.12. The van der Waals surface area contributed by atoms with Crippen molar-refractivity contribution in [3.8, 4) is 0 Å². The molecule has 0 aliphatic carbocycles. The number of fused-ring (bicyclic) bond motifs is 1. The first kappa shape index (κ1) is 16.3. The molecule has 0 aromatic heterocycles. The monoisotopic (exact) mass is 353 g/mol. The zero-order valence-corrected chi connectivity index (χ0v) is 13.2. The van der Waals surface area contributed by atoms with Gasteiger partial charge in [0.2, 0.25) is 10.0 Å². The fourth-order valence-electron chi connectivity index (χ4n) is 2.30. The zero-order valence-electron chi connectivity index (χ0n) is 12.4. The van der Waals surface area contributed by atoms with Crippen LogP contribution >= 0.6 is 0 Å². The van der Waals surface area contributed by atoms with E-state index in [4.69, 9.17) is 0 Å². The molecule has 3 rings (SSSR count). The maximum absolute atomic E-state index is 13.2. The number of carbonyl (C=O) groups is 1. The predicted molar refractivity (Wildman–Crippen MR) is 83.9 cm³/mol. The summed E-state index contributed by atoms with van der Waals surface area (Å²) >= 11 is 0. The van der Waals surface area contributed by atoms with Crippen molar-refractivity contribution in [1.82, 2.24) is 4.72 Å². The summed E-state index contributed by atoms with van der Waals surface area (Å²) in [6.45, 7) is 1.78. The lowest BCUT2D eigenvalue weighted by Crippen LogP contribution is -2.51.